The van der Waals surface area contributed by atoms with Gasteiger partial charge in [-0.3, -0.25) is 4.57 Å². The minimum atomic E-state index is 0.400. The van der Waals surface area contributed by atoms with Crippen molar-refractivity contribution < 1.29 is 4.57 Å². The summed E-state index contributed by atoms with van der Waals surface area (Å²) in [5.74, 6) is 1.29. The third kappa shape index (κ3) is 1.99. The number of hydrogen-bond donors (Lipinski definition) is 1. The molecule has 0 atom stereocenters. The van der Waals surface area contributed by atoms with Crippen LogP contribution in [0.5, 0.6) is 0 Å². The van der Waals surface area contributed by atoms with E-state index in [-0.39, 0.29) is 0 Å². The first-order chi connectivity index (χ1) is 10.4. The Balaban J connectivity index is 1.87. The molecular formula is C16H14ClN4+. The first-order valence-electron chi connectivity index (χ1n) is 6.82. The van der Waals surface area contributed by atoms with Crippen LogP contribution in [0.4, 0.5) is 0 Å². The molecule has 0 radical (unpaired) electrons. The number of para-hydroxylation sites is 4. The van der Waals surface area contributed by atoms with E-state index in [1.807, 2.05) is 36.7 Å². The number of rotatable bonds is 3. The molecule has 2 aromatic heterocycles. The Morgan fingerprint density at radius 1 is 1.10 bits per heavy atom. The second kappa shape index (κ2) is 4.90. The van der Waals surface area contributed by atoms with Gasteiger partial charge in [0.2, 0.25) is 6.33 Å². The van der Waals surface area contributed by atoms with E-state index in [0.717, 1.165) is 27.9 Å². The van der Waals surface area contributed by atoms with Crippen LogP contribution >= 0.6 is 11.6 Å². The van der Waals surface area contributed by atoms with E-state index in [1.165, 1.54) is 0 Å². The van der Waals surface area contributed by atoms with E-state index < -0.39 is 0 Å². The van der Waals surface area contributed by atoms with Crippen molar-refractivity contribution in [1.29, 1.82) is 0 Å². The highest BCUT2D eigenvalue weighted by molar-refractivity contribution is 6.16. The van der Waals surface area contributed by atoms with Gasteiger partial charge in [-0.25, -0.2) is 14.5 Å². The van der Waals surface area contributed by atoms with E-state index >= 15 is 0 Å². The van der Waals surface area contributed by atoms with Gasteiger partial charge in [0.1, 0.15) is 5.82 Å². The molecule has 0 unspecified atom stereocenters. The number of aromatic nitrogens is 4. The summed E-state index contributed by atoms with van der Waals surface area (Å²) >= 11 is 6.06. The molecule has 1 N–H and O–H groups in total. The van der Waals surface area contributed by atoms with E-state index in [4.69, 9.17) is 11.6 Å². The van der Waals surface area contributed by atoms with Crippen LogP contribution in [-0.4, -0.2) is 14.5 Å². The summed E-state index contributed by atoms with van der Waals surface area (Å²) in [5, 5.41) is 0. The van der Waals surface area contributed by atoms with E-state index in [9.17, 15) is 0 Å². The predicted molar refractivity (Wildman–Crippen MR) is 83.2 cm³/mol. The molecule has 2 aromatic carbocycles. The maximum Gasteiger partial charge on any atom is 0.244 e. The number of fused-ring (bicyclic) bond motifs is 2. The fraction of sp³-hybridized carbons (Fsp3) is 0.125. The molecule has 0 saturated heterocycles. The second-order valence-corrected chi connectivity index (χ2v) is 5.25. The van der Waals surface area contributed by atoms with Crippen LogP contribution in [0.2, 0.25) is 0 Å². The zero-order valence-corrected chi connectivity index (χ0v) is 12.1. The zero-order valence-electron chi connectivity index (χ0n) is 11.3. The molecule has 4 rings (SSSR count). The minimum Gasteiger partial charge on any atom is -0.289 e. The third-order valence-electron chi connectivity index (χ3n) is 3.74. The first-order valence-corrected chi connectivity index (χ1v) is 7.36. The lowest BCUT2D eigenvalue weighted by Gasteiger charge is -2.05. The number of hydrogen-bond acceptors (Lipinski definition) is 1. The Morgan fingerprint density at radius 2 is 1.90 bits per heavy atom. The minimum absolute atomic E-state index is 0.400. The topological polar surface area (TPSA) is 37.5 Å². The maximum absolute atomic E-state index is 6.06. The first kappa shape index (κ1) is 12.4. The van der Waals surface area contributed by atoms with Crippen LogP contribution in [0.15, 0.2) is 54.9 Å². The van der Waals surface area contributed by atoms with Gasteiger partial charge in [-0.05, 0) is 24.3 Å². The largest absolute Gasteiger partial charge is 0.289 e. The number of nitrogens with zero attached hydrogens (tertiary/aromatic N) is 3. The number of benzene rings is 2. The number of alkyl halides is 1. The van der Waals surface area contributed by atoms with Gasteiger partial charge in [-0.1, -0.05) is 24.3 Å². The zero-order chi connectivity index (χ0) is 14.2. The Kier molecular flexibility index (Phi) is 2.89. The van der Waals surface area contributed by atoms with Gasteiger partial charge in [-0.2, -0.15) is 0 Å². The molecule has 0 saturated carbocycles. The smallest absolute Gasteiger partial charge is 0.244 e. The highest BCUT2D eigenvalue weighted by Crippen LogP contribution is 2.17. The van der Waals surface area contributed by atoms with Gasteiger partial charge in [0.05, 0.1) is 16.9 Å². The van der Waals surface area contributed by atoms with Gasteiger partial charge < -0.3 is 0 Å². The standard InChI is InChI=1S/C16H13ClN4/c17-9-16-19-13-6-2-4-8-15(13)21(16)11-20-10-18-12-5-1-3-7-14(12)20/h1-8,10H,9,11H2/p+1. The highest BCUT2D eigenvalue weighted by Gasteiger charge is 2.14. The predicted octanol–water partition coefficient (Wildman–Crippen LogP) is 3.05. The number of imidazole rings is 2. The Hall–Kier alpha value is -2.33. The summed E-state index contributed by atoms with van der Waals surface area (Å²) in [6, 6.07) is 16.4. The fourth-order valence-electron chi connectivity index (χ4n) is 2.72. The molecule has 0 amide bonds. The van der Waals surface area contributed by atoms with Gasteiger partial charge in [0, 0.05) is 0 Å². The summed E-state index contributed by atoms with van der Waals surface area (Å²) in [7, 11) is 0. The molecule has 0 aliphatic heterocycles. The van der Waals surface area contributed by atoms with Crippen molar-refractivity contribution >= 4 is 33.7 Å². The van der Waals surface area contributed by atoms with E-state index in [1.54, 1.807) is 0 Å². The Morgan fingerprint density at radius 3 is 2.81 bits per heavy atom. The van der Waals surface area contributed by atoms with Gasteiger partial charge in [-0.15, -0.1) is 11.6 Å². The molecule has 2 heterocycles. The van der Waals surface area contributed by atoms with Gasteiger partial charge in [0.25, 0.3) is 0 Å². The number of halogens is 1. The van der Waals surface area contributed by atoms with Crippen molar-refractivity contribution in [1.82, 2.24) is 14.5 Å². The van der Waals surface area contributed by atoms with Crippen LogP contribution < -0.4 is 4.57 Å². The normalized spacial score (nSPS) is 11.5. The van der Waals surface area contributed by atoms with Gasteiger partial charge in [0.15, 0.2) is 17.7 Å². The molecule has 0 fully saturated rings. The lowest BCUT2D eigenvalue weighted by molar-refractivity contribution is -0.675. The average molecular weight is 298 g/mol. The van der Waals surface area contributed by atoms with Crippen molar-refractivity contribution in [2.24, 2.45) is 0 Å². The average Bonchev–Trinajstić information content (AvgIpc) is 3.10. The van der Waals surface area contributed by atoms with Crippen LogP contribution in [0.1, 0.15) is 5.82 Å². The summed E-state index contributed by atoms with van der Waals surface area (Å²) in [6.45, 7) is 0.687. The number of H-pyrrole nitrogens is 1. The molecule has 5 heteroatoms. The maximum atomic E-state index is 6.06. The fourth-order valence-corrected chi connectivity index (χ4v) is 2.92. The molecule has 104 valence electrons. The molecule has 0 spiro atoms. The molecule has 21 heavy (non-hydrogen) atoms. The van der Waals surface area contributed by atoms with Crippen LogP contribution in [-0.2, 0) is 12.5 Å². The van der Waals surface area contributed by atoms with Crippen LogP contribution in [0.25, 0.3) is 22.1 Å². The third-order valence-corrected chi connectivity index (χ3v) is 3.98. The monoisotopic (exact) mass is 297 g/mol. The van der Waals surface area contributed by atoms with E-state index in [2.05, 4.69) is 37.3 Å². The number of aromatic amines is 1. The Labute approximate surface area is 126 Å². The van der Waals surface area contributed by atoms with Crippen molar-refractivity contribution in [3.63, 3.8) is 0 Å². The highest BCUT2D eigenvalue weighted by atomic mass is 35.5. The number of nitrogens with one attached hydrogen (secondary N) is 1. The molecule has 0 aliphatic rings. The lowest BCUT2D eigenvalue weighted by atomic mass is 10.3. The van der Waals surface area contributed by atoms with Crippen molar-refractivity contribution in [3.8, 4) is 0 Å². The van der Waals surface area contributed by atoms with Crippen molar-refractivity contribution in [2.75, 3.05) is 0 Å². The molecule has 4 aromatic rings. The summed E-state index contributed by atoms with van der Waals surface area (Å²) < 4.78 is 4.32. The van der Waals surface area contributed by atoms with E-state index in [0.29, 0.717) is 12.5 Å². The Bertz CT molecular complexity index is 922. The molecule has 4 nitrogen and oxygen atoms in total. The van der Waals surface area contributed by atoms with Gasteiger partial charge >= 0.3 is 0 Å². The summed E-state index contributed by atoms with van der Waals surface area (Å²) in [4.78, 5) is 7.88. The van der Waals surface area contributed by atoms with Crippen molar-refractivity contribution in [3.05, 3.63) is 60.7 Å². The lowest BCUT2D eigenvalue weighted by Crippen LogP contribution is -2.36. The quantitative estimate of drug-likeness (QED) is 0.458. The second-order valence-electron chi connectivity index (χ2n) is 4.98. The SMILES string of the molecule is ClCc1nc2ccccc2n1C[n+]1c[nH]c2ccccc21. The summed E-state index contributed by atoms with van der Waals surface area (Å²) in [6.07, 6.45) is 1.98. The summed E-state index contributed by atoms with van der Waals surface area (Å²) in [5.41, 5.74) is 4.37. The van der Waals surface area contributed by atoms with Crippen LogP contribution in [0, 0.1) is 0 Å². The molecule has 0 bridgehead atoms. The van der Waals surface area contributed by atoms with Crippen LogP contribution in [0.3, 0.4) is 0 Å². The molecular weight excluding hydrogens is 284 g/mol. The van der Waals surface area contributed by atoms with Crippen molar-refractivity contribution in [2.45, 2.75) is 12.5 Å². The molecule has 0 aliphatic carbocycles.